The van der Waals surface area contributed by atoms with E-state index in [1.165, 1.54) is 13.0 Å². The number of carbonyl (C=O) groups excluding carboxylic acids is 1. The summed E-state index contributed by atoms with van der Waals surface area (Å²) in [5.41, 5.74) is -1.29. The van der Waals surface area contributed by atoms with Gasteiger partial charge in [-0.2, -0.15) is 0 Å². The minimum Gasteiger partial charge on any atom is -0.476 e. The maximum absolute atomic E-state index is 12.1. The third kappa shape index (κ3) is 2.22. The van der Waals surface area contributed by atoms with Crippen molar-refractivity contribution in [1.29, 1.82) is 0 Å². The van der Waals surface area contributed by atoms with Gasteiger partial charge in [0.1, 0.15) is 0 Å². The molecule has 4 nitrogen and oxygen atoms in total. The van der Waals surface area contributed by atoms with Crippen LogP contribution in [0.2, 0.25) is 0 Å². The van der Waals surface area contributed by atoms with Crippen LogP contribution in [0.15, 0.2) is 24.8 Å². The quantitative estimate of drug-likeness (QED) is 0.321. The molecule has 1 N–H and O–H groups in total. The third-order valence-corrected chi connectivity index (χ3v) is 2.70. The Bertz CT molecular complexity index is 339. The second kappa shape index (κ2) is 4.61. The number of carbonyl (C=O) groups is 2. The number of likely N-dealkylation sites (N-methyl/N-ethyl adjacent to an activating group) is 1. The van der Waals surface area contributed by atoms with Crippen molar-refractivity contribution in [3.05, 3.63) is 24.8 Å². The Balaban J connectivity index is 5.82. The number of quaternary nitrogens is 1. The van der Waals surface area contributed by atoms with Gasteiger partial charge in [0.05, 0.1) is 21.1 Å². The molecule has 0 aromatic heterocycles. The van der Waals surface area contributed by atoms with E-state index in [1.807, 2.05) is 0 Å². The lowest BCUT2D eigenvalue weighted by Crippen LogP contribution is -2.66. The highest BCUT2D eigenvalue weighted by Gasteiger charge is 2.56. The van der Waals surface area contributed by atoms with Crippen LogP contribution in [0.1, 0.15) is 13.3 Å². The maximum atomic E-state index is 12.1. The Kier molecular flexibility index (Phi) is 4.21. The highest BCUT2D eigenvalue weighted by molar-refractivity contribution is 6.14. The molecule has 0 bridgehead atoms. The summed E-state index contributed by atoms with van der Waals surface area (Å²) in [6.07, 6.45) is 1.54. The monoisotopic (exact) mass is 226 g/mol. The molecule has 0 fully saturated rings. The van der Waals surface area contributed by atoms with Crippen molar-refractivity contribution >= 4 is 11.8 Å². The van der Waals surface area contributed by atoms with E-state index in [1.54, 1.807) is 21.1 Å². The van der Waals surface area contributed by atoms with E-state index < -0.39 is 17.3 Å². The summed E-state index contributed by atoms with van der Waals surface area (Å²) in [6, 6.07) is 0. The lowest BCUT2D eigenvalue weighted by atomic mass is 9.83. The number of aliphatic carboxylic acids is 1. The average molecular weight is 226 g/mol. The van der Waals surface area contributed by atoms with Gasteiger partial charge in [0, 0.05) is 6.42 Å². The van der Waals surface area contributed by atoms with Gasteiger partial charge in [0.2, 0.25) is 5.78 Å². The van der Waals surface area contributed by atoms with Crippen LogP contribution in [0.5, 0.6) is 0 Å². The molecule has 0 spiro atoms. The summed E-state index contributed by atoms with van der Waals surface area (Å²) in [5, 5.41) is 9.38. The minimum atomic E-state index is -1.53. The van der Waals surface area contributed by atoms with Gasteiger partial charge in [-0.05, 0) is 12.5 Å². The summed E-state index contributed by atoms with van der Waals surface area (Å²) < 4.78 is 0.0000463. The maximum Gasteiger partial charge on any atom is 0.374 e. The van der Waals surface area contributed by atoms with Crippen molar-refractivity contribution in [3.63, 3.8) is 0 Å². The number of Topliss-reactive ketones (excluding diaryl/α,β-unsaturated/α-hetero) is 1. The summed E-state index contributed by atoms with van der Waals surface area (Å²) in [7, 11) is 5.04. The van der Waals surface area contributed by atoms with Crippen LogP contribution < -0.4 is 0 Å². The zero-order valence-corrected chi connectivity index (χ0v) is 10.4. The molecule has 16 heavy (non-hydrogen) atoms. The summed E-state index contributed by atoms with van der Waals surface area (Å²) >= 11 is 0. The largest absolute Gasteiger partial charge is 0.476 e. The fourth-order valence-electron chi connectivity index (χ4n) is 1.70. The van der Waals surface area contributed by atoms with Gasteiger partial charge >= 0.3 is 5.97 Å². The Hall–Kier alpha value is -1.42. The van der Waals surface area contributed by atoms with Crippen LogP contribution in [0.4, 0.5) is 0 Å². The van der Waals surface area contributed by atoms with E-state index in [0.717, 1.165) is 0 Å². The molecule has 0 amide bonds. The van der Waals surface area contributed by atoms with Crippen LogP contribution in [0.3, 0.4) is 0 Å². The Morgan fingerprint density at radius 1 is 1.38 bits per heavy atom. The molecule has 0 saturated heterocycles. The topological polar surface area (TPSA) is 54.4 Å². The first-order valence-electron chi connectivity index (χ1n) is 4.97. The standard InChI is InChI=1S/C12H19NO3/c1-7-8-12(11(15)16,13(4,5)6)10(14)9(2)3/h7H,1-2,8H2,3-6H3/p+1. The predicted octanol–water partition coefficient (Wildman–Crippen LogP) is 1.24. The van der Waals surface area contributed by atoms with E-state index >= 15 is 0 Å². The first kappa shape index (κ1) is 14.6. The summed E-state index contributed by atoms with van der Waals surface area (Å²) in [6.45, 7) is 8.60. The molecule has 1 atom stereocenters. The lowest BCUT2D eigenvalue weighted by Gasteiger charge is -2.41. The lowest BCUT2D eigenvalue weighted by molar-refractivity contribution is -0.902. The van der Waals surface area contributed by atoms with Gasteiger partial charge in [-0.15, -0.1) is 6.58 Å². The number of carboxylic acid groups (broad SMARTS) is 1. The van der Waals surface area contributed by atoms with Gasteiger partial charge in [-0.3, -0.25) is 4.79 Å². The molecule has 0 saturated carbocycles. The second-order valence-corrected chi connectivity index (χ2v) is 4.78. The highest BCUT2D eigenvalue weighted by atomic mass is 16.4. The number of rotatable bonds is 6. The van der Waals surface area contributed by atoms with E-state index in [4.69, 9.17) is 0 Å². The van der Waals surface area contributed by atoms with E-state index in [-0.39, 0.29) is 16.5 Å². The highest BCUT2D eigenvalue weighted by Crippen LogP contribution is 2.28. The predicted molar refractivity (Wildman–Crippen MR) is 63.0 cm³/mol. The molecule has 1 unspecified atom stereocenters. The van der Waals surface area contributed by atoms with Crippen molar-refractivity contribution in [1.82, 2.24) is 0 Å². The van der Waals surface area contributed by atoms with Crippen LogP contribution in [0, 0.1) is 0 Å². The Labute approximate surface area is 96.5 Å². The molecule has 0 aliphatic rings. The van der Waals surface area contributed by atoms with Crippen LogP contribution in [-0.4, -0.2) is 48.0 Å². The molecule has 90 valence electrons. The number of nitrogens with zero attached hydrogens (tertiary/aromatic N) is 1. The van der Waals surface area contributed by atoms with Crippen molar-refractivity contribution < 1.29 is 19.2 Å². The molecule has 0 rings (SSSR count). The Morgan fingerprint density at radius 2 is 1.81 bits per heavy atom. The SMILES string of the molecule is C=CCC(C(=O)O)(C(=O)C(=C)C)[N+](C)(C)C. The minimum absolute atomic E-state index is 0.0000463. The van der Waals surface area contributed by atoms with Crippen molar-refractivity contribution in [3.8, 4) is 0 Å². The number of ketones is 1. The van der Waals surface area contributed by atoms with Gasteiger partial charge in [0.15, 0.2) is 0 Å². The van der Waals surface area contributed by atoms with Gasteiger partial charge in [-0.25, -0.2) is 4.79 Å². The van der Waals surface area contributed by atoms with Crippen LogP contribution in [-0.2, 0) is 9.59 Å². The smallest absolute Gasteiger partial charge is 0.374 e. The summed E-state index contributed by atoms with van der Waals surface area (Å²) in [4.78, 5) is 23.6. The average Bonchev–Trinajstić information content (AvgIpc) is 2.10. The van der Waals surface area contributed by atoms with E-state index in [0.29, 0.717) is 0 Å². The number of hydrogen-bond donors (Lipinski definition) is 1. The number of hydrogen-bond acceptors (Lipinski definition) is 2. The molecular formula is C12H20NO3+. The normalized spacial score (nSPS) is 15.0. The fraction of sp³-hybridized carbons (Fsp3) is 0.500. The first-order chi connectivity index (χ1) is 7.11. The van der Waals surface area contributed by atoms with Gasteiger partial charge < -0.3 is 9.59 Å². The zero-order valence-electron chi connectivity index (χ0n) is 10.4. The molecule has 0 aromatic carbocycles. The fourth-order valence-corrected chi connectivity index (χ4v) is 1.70. The molecular weight excluding hydrogens is 206 g/mol. The molecule has 0 aliphatic heterocycles. The van der Waals surface area contributed by atoms with Crippen molar-refractivity contribution in [2.24, 2.45) is 0 Å². The second-order valence-electron chi connectivity index (χ2n) is 4.78. The van der Waals surface area contributed by atoms with E-state index in [9.17, 15) is 14.7 Å². The number of carboxylic acids is 1. The molecule has 0 heterocycles. The molecule has 0 aromatic rings. The molecule has 0 aliphatic carbocycles. The van der Waals surface area contributed by atoms with Gasteiger partial charge in [-0.1, -0.05) is 12.7 Å². The van der Waals surface area contributed by atoms with Crippen molar-refractivity contribution in [2.45, 2.75) is 18.9 Å². The first-order valence-corrected chi connectivity index (χ1v) is 4.97. The molecule has 0 radical (unpaired) electrons. The zero-order chi connectivity index (χ0) is 13.1. The van der Waals surface area contributed by atoms with Crippen LogP contribution in [0.25, 0.3) is 0 Å². The summed E-state index contributed by atoms with van der Waals surface area (Å²) in [5.74, 6) is -1.60. The van der Waals surface area contributed by atoms with E-state index in [2.05, 4.69) is 13.2 Å². The molecule has 4 heteroatoms. The Morgan fingerprint density at radius 3 is 2.00 bits per heavy atom. The van der Waals surface area contributed by atoms with Crippen LogP contribution >= 0.6 is 0 Å². The third-order valence-electron chi connectivity index (χ3n) is 2.70. The van der Waals surface area contributed by atoms with Gasteiger partial charge in [0.25, 0.3) is 5.54 Å². The van der Waals surface area contributed by atoms with Crippen molar-refractivity contribution in [2.75, 3.05) is 21.1 Å².